The van der Waals surface area contributed by atoms with Crippen molar-refractivity contribution < 1.29 is 28.6 Å². The Labute approximate surface area is 262 Å². The van der Waals surface area contributed by atoms with Crippen LogP contribution in [0.25, 0.3) is 33.4 Å². The number of alkyl halides is 1. The number of rotatable bonds is 16. The van der Waals surface area contributed by atoms with E-state index in [1.807, 2.05) is 55.4 Å². The maximum atomic E-state index is 12.9. The van der Waals surface area contributed by atoms with Crippen molar-refractivity contribution in [1.29, 1.82) is 0 Å². The predicted octanol–water partition coefficient (Wildman–Crippen LogP) is 6.06. The first-order chi connectivity index (χ1) is 21.3. The van der Waals surface area contributed by atoms with Crippen LogP contribution in [0, 0.1) is 0 Å². The Bertz CT molecular complexity index is 1620. The molecule has 0 radical (unpaired) electrons. The Hall–Kier alpha value is -3.92. The lowest BCUT2D eigenvalue weighted by molar-refractivity contribution is 0.0468. The van der Waals surface area contributed by atoms with Crippen molar-refractivity contribution in [1.82, 2.24) is 5.32 Å². The summed E-state index contributed by atoms with van der Waals surface area (Å²) in [5.41, 5.74) is 3.76. The van der Waals surface area contributed by atoms with Gasteiger partial charge in [-0.25, -0.2) is 4.79 Å². The third kappa shape index (κ3) is 8.37. The van der Waals surface area contributed by atoms with E-state index in [4.69, 9.17) is 25.5 Å². The normalized spacial score (nSPS) is 11.8. The number of hydrogen-bond donors (Lipinski definition) is 2. The third-order valence-electron chi connectivity index (χ3n) is 7.32. The standard InChI is InChI=1S/C34H40ClN3O6/c1-36-24-9-12-27-30(21-24)44-31-22-25(38(2)3)10-13-28(31)32(27)26-11-8-23(20-29(26)34(40)41)33(39)37-15-17-43-19-18-42-16-7-5-4-6-14-35/h8-13,20-22H,4-7,14-19H2,1-3H3,(H,37,39)(H,40,41). The highest BCUT2D eigenvalue weighted by Gasteiger charge is 2.23. The number of ether oxygens (including phenoxy) is 2. The summed E-state index contributed by atoms with van der Waals surface area (Å²) in [6, 6.07) is 16.2. The summed E-state index contributed by atoms with van der Waals surface area (Å²) in [6.45, 7) is 2.23. The summed E-state index contributed by atoms with van der Waals surface area (Å²) >= 11 is 5.68. The number of unbranched alkanes of at least 4 members (excludes halogenated alkanes) is 3. The summed E-state index contributed by atoms with van der Waals surface area (Å²) in [5.74, 6) is -0.230. The van der Waals surface area contributed by atoms with Gasteiger partial charge in [0.15, 0.2) is 0 Å². The number of nitrogens with one attached hydrogen (secondary N) is 1. The first-order valence-corrected chi connectivity index (χ1v) is 15.4. The van der Waals surface area contributed by atoms with Crippen molar-refractivity contribution in [3.63, 3.8) is 0 Å². The number of aromatic carboxylic acids is 1. The van der Waals surface area contributed by atoms with Gasteiger partial charge in [-0.05, 0) is 54.8 Å². The molecule has 0 unspecified atom stereocenters. The van der Waals surface area contributed by atoms with Gasteiger partial charge in [0.25, 0.3) is 5.91 Å². The Morgan fingerprint density at radius 2 is 1.66 bits per heavy atom. The van der Waals surface area contributed by atoms with Crippen LogP contribution < -0.4 is 15.6 Å². The van der Waals surface area contributed by atoms with Crippen LogP contribution in [0.4, 0.5) is 5.69 Å². The van der Waals surface area contributed by atoms with Crippen LogP contribution in [0.5, 0.6) is 0 Å². The minimum Gasteiger partial charge on any atom is -0.478 e. The van der Waals surface area contributed by atoms with Gasteiger partial charge in [-0.1, -0.05) is 18.9 Å². The number of hydrogen-bond acceptors (Lipinski definition) is 7. The molecule has 0 saturated heterocycles. The number of carboxylic acids is 1. The molecule has 10 heteroatoms. The zero-order valence-electron chi connectivity index (χ0n) is 25.5. The van der Waals surface area contributed by atoms with Crippen molar-refractivity contribution >= 4 is 40.1 Å². The van der Waals surface area contributed by atoms with Gasteiger partial charge in [0.2, 0.25) is 0 Å². The van der Waals surface area contributed by atoms with E-state index in [-0.39, 0.29) is 23.6 Å². The molecule has 0 atom stereocenters. The summed E-state index contributed by atoms with van der Waals surface area (Å²) < 4.78 is 17.4. The zero-order chi connectivity index (χ0) is 31.5. The molecule has 2 N–H and O–H groups in total. The average Bonchev–Trinajstić information content (AvgIpc) is 3.03. The van der Waals surface area contributed by atoms with Crippen molar-refractivity contribution in [2.75, 3.05) is 64.9 Å². The Kier molecular flexibility index (Phi) is 12.2. The van der Waals surface area contributed by atoms with Crippen LogP contribution in [0.1, 0.15) is 46.4 Å². The monoisotopic (exact) mass is 621 g/mol. The number of carboxylic acid groups (broad SMARTS) is 1. The molecule has 0 spiro atoms. The van der Waals surface area contributed by atoms with Gasteiger partial charge >= 0.3 is 5.97 Å². The van der Waals surface area contributed by atoms with Crippen molar-refractivity contribution in [3.05, 3.63) is 71.1 Å². The van der Waals surface area contributed by atoms with Gasteiger partial charge in [0, 0.05) is 80.1 Å². The molecule has 1 heterocycles. The molecular weight excluding hydrogens is 582 g/mol. The number of anilines is 1. The fourth-order valence-electron chi connectivity index (χ4n) is 4.97. The van der Waals surface area contributed by atoms with E-state index in [0.29, 0.717) is 54.8 Å². The number of benzene rings is 3. The van der Waals surface area contributed by atoms with Crippen molar-refractivity contribution in [2.24, 2.45) is 4.99 Å². The van der Waals surface area contributed by atoms with E-state index in [9.17, 15) is 14.7 Å². The van der Waals surface area contributed by atoms with E-state index in [1.54, 1.807) is 19.2 Å². The summed E-state index contributed by atoms with van der Waals surface area (Å²) in [7, 11) is 5.59. The molecule has 2 aliphatic rings. The molecule has 44 heavy (non-hydrogen) atoms. The topological polar surface area (TPSA) is 114 Å². The highest BCUT2D eigenvalue weighted by Crippen LogP contribution is 2.42. The molecular formula is C34H40ClN3O6. The smallest absolute Gasteiger partial charge is 0.336 e. The molecule has 0 saturated carbocycles. The second-order valence-corrected chi connectivity index (χ2v) is 11.0. The van der Waals surface area contributed by atoms with Crippen LogP contribution in [0.3, 0.4) is 0 Å². The van der Waals surface area contributed by atoms with Gasteiger partial charge in [-0.2, -0.15) is 0 Å². The summed E-state index contributed by atoms with van der Waals surface area (Å²) in [5, 5.41) is 14.6. The second kappa shape index (κ2) is 16.2. The lowest BCUT2D eigenvalue weighted by Crippen LogP contribution is -2.28. The van der Waals surface area contributed by atoms with Crippen LogP contribution in [0.15, 0.2) is 64.0 Å². The van der Waals surface area contributed by atoms with Gasteiger partial charge in [-0.3, -0.25) is 9.79 Å². The SMILES string of the molecule is CN=c1ccc2c(-c3ccc(C(=O)NCCOCCOCCCCCCCl)cc3C(=O)O)c3ccc(N(C)C)cc3oc-2c1. The Morgan fingerprint density at radius 3 is 2.39 bits per heavy atom. The maximum absolute atomic E-state index is 12.9. The molecule has 1 amide bonds. The predicted molar refractivity (Wildman–Crippen MR) is 174 cm³/mol. The second-order valence-electron chi connectivity index (χ2n) is 10.6. The summed E-state index contributed by atoms with van der Waals surface area (Å²) in [4.78, 5) is 31.7. The van der Waals surface area contributed by atoms with Gasteiger partial charge in [0.1, 0.15) is 11.3 Å². The van der Waals surface area contributed by atoms with E-state index < -0.39 is 5.97 Å². The fraction of sp³-hybridized carbons (Fsp3) is 0.382. The number of nitrogens with zero attached hydrogens (tertiary/aromatic N) is 2. The minimum atomic E-state index is -1.13. The van der Waals surface area contributed by atoms with E-state index >= 15 is 0 Å². The molecule has 1 aliphatic carbocycles. The first-order valence-electron chi connectivity index (χ1n) is 14.8. The minimum absolute atomic E-state index is 0.0171. The molecule has 0 fully saturated rings. The molecule has 0 aromatic heterocycles. The zero-order valence-corrected chi connectivity index (χ0v) is 26.3. The fourth-order valence-corrected chi connectivity index (χ4v) is 5.16. The molecule has 0 bridgehead atoms. The van der Waals surface area contributed by atoms with Gasteiger partial charge in [-0.15, -0.1) is 11.6 Å². The number of carbonyl (C=O) groups excluding carboxylic acids is 1. The Morgan fingerprint density at radius 1 is 0.909 bits per heavy atom. The van der Waals surface area contributed by atoms with Crippen LogP contribution in [-0.2, 0) is 9.47 Å². The average molecular weight is 622 g/mol. The first kappa shape index (κ1) is 33.0. The molecule has 234 valence electrons. The van der Waals surface area contributed by atoms with E-state index in [2.05, 4.69) is 10.3 Å². The van der Waals surface area contributed by atoms with Crippen LogP contribution in [0.2, 0.25) is 0 Å². The van der Waals surface area contributed by atoms with E-state index in [1.165, 1.54) is 6.07 Å². The maximum Gasteiger partial charge on any atom is 0.336 e. The van der Waals surface area contributed by atoms with Gasteiger partial charge < -0.3 is 29.2 Å². The number of halogens is 1. The quantitative estimate of drug-likeness (QED) is 0.0888. The highest BCUT2D eigenvalue weighted by molar-refractivity contribution is 6.17. The largest absolute Gasteiger partial charge is 0.478 e. The molecule has 2 aromatic carbocycles. The van der Waals surface area contributed by atoms with Crippen LogP contribution in [-0.4, -0.2) is 77.0 Å². The Balaban J connectivity index is 1.49. The lowest BCUT2D eigenvalue weighted by atomic mass is 9.89. The van der Waals surface area contributed by atoms with Crippen molar-refractivity contribution in [2.45, 2.75) is 25.7 Å². The molecule has 2 aromatic rings. The molecule has 1 aliphatic heterocycles. The highest BCUT2D eigenvalue weighted by atomic mass is 35.5. The number of carbonyl (C=O) groups is 2. The van der Waals surface area contributed by atoms with Crippen LogP contribution >= 0.6 is 11.6 Å². The lowest BCUT2D eigenvalue weighted by Gasteiger charge is -2.19. The molecule has 9 nitrogen and oxygen atoms in total. The third-order valence-corrected chi connectivity index (χ3v) is 7.59. The summed E-state index contributed by atoms with van der Waals surface area (Å²) in [6.07, 6.45) is 4.26. The number of fused-ring (bicyclic) bond motifs is 2. The molecule has 4 rings (SSSR count). The number of amides is 1. The van der Waals surface area contributed by atoms with E-state index in [0.717, 1.165) is 47.7 Å². The van der Waals surface area contributed by atoms with Gasteiger partial charge in [0.05, 0.1) is 30.7 Å². The van der Waals surface area contributed by atoms with Crippen molar-refractivity contribution in [3.8, 4) is 22.5 Å².